The Kier molecular flexibility index (Phi) is 4.57. The van der Waals surface area contributed by atoms with E-state index in [1.54, 1.807) is 13.4 Å². The van der Waals surface area contributed by atoms with Crippen molar-refractivity contribution in [3.63, 3.8) is 0 Å². The monoisotopic (exact) mass is 346 g/mol. The molecule has 0 bridgehead atoms. The van der Waals surface area contributed by atoms with Crippen molar-refractivity contribution in [1.29, 1.82) is 0 Å². The maximum Gasteiger partial charge on any atom is 0.205 e. The van der Waals surface area contributed by atoms with Crippen molar-refractivity contribution in [1.82, 2.24) is 19.3 Å². The molecule has 2 aliphatic rings. The summed E-state index contributed by atoms with van der Waals surface area (Å²) in [6.07, 6.45) is 8.30. The van der Waals surface area contributed by atoms with Crippen LogP contribution in [0, 0.1) is 0 Å². The van der Waals surface area contributed by atoms with E-state index in [1.165, 1.54) is 24.4 Å². The Morgan fingerprint density at radius 1 is 1.25 bits per heavy atom. The molecule has 0 aromatic carbocycles. The number of ether oxygens (including phenoxy) is 1. The van der Waals surface area contributed by atoms with Crippen LogP contribution in [-0.2, 0) is 11.3 Å². The average Bonchev–Trinajstić information content (AvgIpc) is 3.35. The number of hydrogen-bond acceptors (Lipinski definition) is 8. The average molecular weight is 346 g/mol. The van der Waals surface area contributed by atoms with Crippen LogP contribution in [0.3, 0.4) is 0 Å². The highest BCUT2D eigenvalue weighted by atomic mass is 32.1. The topological polar surface area (TPSA) is 67.3 Å². The second-order valence-corrected chi connectivity index (χ2v) is 7.08. The van der Waals surface area contributed by atoms with Crippen LogP contribution in [0.1, 0.15) is 31.5 Å². The van der Waals surface area contributed by atoms with Gasteiger partial charge in [0.1, 0.15) is 18.8 Å². The Labute approximate surface area is 145 Å². The first-order chi connectivity index (χ1) is 11.8. The van der Waals surface area contributed by atoms with E-state index in [0.29, 0.717) is 18.7 Å². The van der Waals surface area contributed by atoms with Crippen LogP contribution in [0.5, 0.6) is 0 Å². The summed E-state index contributed by atoms with van der Waals surface area (Å²) in [5.41, 5.74) is 0. The lowest BCUT2D eigenvalue weighted by Crippen LogP contribution is -2.46. The zero-order chi connectivity index (χ0) is 16.4. The minimum Gasteiger partial charge on any atom is -0.377 e. The van der Waals surface area contributed by atoms with E-state index in [-0.39, 0.29) is 0 Å². The van der Waals surface area contributed by atoms with Gasteiger partial charge in [-0.05, 0) is 31.7 Å². The highest BCUT2D eigenvalue weighted by Crippen LogP contribution is 2.35. The second kappa shape index (κ2) is 6.98. The van der Waals surface area contributed by atoms with Crippen molar-refractivity contribution in [3.8, 4) is 0 Å². The molecule has 128 valence electrons. The predicted molar refractivity (Wildman–Crippen MR) is 93.4 cm³/mol. The zero-order valence-corrected chi connectivity index (χ0v) is 14.7. The molecular weight excluding hydrogens is 324 g/mol. The van der Waals surface area contributed by atoms with Crippen molar-refractivity contribution in [2.45, 2.75) is 44.4 Å². The second-order valence-electron chi connectivity index (χ2n) is 6.35. The number of hydrogen-bond donors (Lipinski definition) is 0. The lowest BCUT2D eigenvalue weighted by molar-refractivity contribution is 0.179. The van der Waals surface area contributed by atoms with E-state index >= 15 is 0 Å². The number of piperidine rings is 1. The van der Waals surface area contributed by atoms with Gasteiger partial charge in [0.15, 0.2) is 5.82 Å². The molecule has 2 aromatic rings. The van der Waals surface area contributed by atoms with E-state index in [1.807, 2.05) is 12.3 Å². The molecule has 4 rings (SSSR count). The summed E-state index contributed by atoms with van der Waals surface area (Å²) in [4.78, 5) is 18.0. The Hall–Kier alpha value is -1.80. The summed E-state index contributed by atoms with van der Waals surface area (Å²) in [6, 6.07) is 3.24. The number of nitrogens with zero attached hydrogens (tertiary/aromatic N) is 6. The molecule has 8 heteroatoms. The summed E-state index contributed by atoms with van der Waals surface area (Å²) in [5, 5.41) is 1.01. The maximum atomic E-state index is 5.10. The standard InChI is InChI=1S/C16H22N6OS/c1-23-10-14-19-16(24-20-14)21-8-5-13(6-9-21)22(12-2-3-12)15-4-7-17-11-18-15/h4,7,11-13H,2-3,5-6,8-10H2,1H3. The molecule has 0 unspecified atom stereocenters. The number of rotatable bonds is 6. The van der Waals surface area contributed by atoms with Crippen LogP contribution < -0.4 is 9.80 Å². The van der Waals surface area contributed by atoms with Gasteiger partial charge in [-0.2, -0.15) is 4.37 Å². The van der Waals surface area contributed by atoms with Gasteiger partial charge < -0.3 is 14.5 Å². The minimum absolute atomic E-state index is 0.482. The van der Waals surface area contributed by atoms with E-state index < -0.39 is 0 Å². The van der Waals surface area contributed by atoms with E-state index in [9.17, 15) is 0 Å². The molecule has 0 atom stereocenters. The third kappa shape index (κ3) is 3.34. The molecule has 2 aromatic heterocycles. The summed E-state index contributed by atoms with van der Waals surface area (Å²) >= 11 is 1.47. The van der Waals surface area contributed by atoms with E-state index in [0.717, 1.165) is 42.7 Å². The first kappa shape index (κ1) is 15.7. The molecule has 1 aliphatic heterocycles. The predicted octanol–water partition coefficient (Wildman–Crippen LogP) is 2.11. The van der Waals surface area contributed by atoms with Gasteiger partial charge in [-0.3, -0.25) is 0 Å². The Bertz CT molecular complexity index is 654. The smallest absolute Gasteiger partial charge is 0.205 e. The molecule has 0 N–H and O–H groups in total. The van der Waals surface area contributed by atoms with Gasteiger partial charge in [0.05, 0.1) is 0 Å². The first-order valence-electron chi connectivity index (χ1n) is 8.46. The summed E-state index contributed by atoms with van der Waals surface area (Å²) in [5.74, 6) is 1.85. The molecule has 2 fully saturated rings. The van der Waals surface area contributed by atoms with Crippen LogP contribution in [-0.4, -0.2) is 51.6 Å². The van der Waals surface area contributed by atoms with Crippen molar-refractivity contribution in [3.05, 3.63) is 24.4 Å². The maximum absolute atomic E-state index is 5.10. The van der Waals surface area contributed by atoms with Crippen molar-refractivity contribution >= 4 is 22.5 Å². The Morgan fingerprint density at radius 2 is 2.04 bits per heavy atom. The molecule has 0 radical (unpaired) electrons. The zero-order valence-electron chi connectivity index (χ0n) is 13.8. The fourth-order valence-corrected chi connectivity index (χ4v) is 4.08. The molecule has 7 nitrogen and oxygen atoms in total. The van der Waals surface area contributed by atoms with Crippen molar-refractivity contribution < 1.29 is 4.74 Å². The molecule has 1 saturated carbocycles. The van der Waals surface area contributed by atoms with Crippen LogP contribution in [0.25, 0.3) is 0 Å². The molecule has 24 heavy (non-hydrogen) atoms. The van der Waals surface area contributed by atoms with Crippen LogP contribution >= 0.6 is 11.5 Å². The molecular formula is C16H22N6OS. The normalized spacial score (nSPS) is 18.8. The fourth-order valence-electron chi connectivity index (χ4n) is 3.36. The van der Waals surface area contributed by atoms with Crippen LogP contribution in [0.2, 0.25) is 0 Å². The SMILES string of the molecule is COCc1nsc(N2CCC(N(c3ccncn3)C3CC3)CC2)n1. The van der Waals surface area contributed by atoms with Crippen molar-refractivity contribution in [2.24, 2.45) is 0 Å². The van der Waals surface area contributed by atoms with Crippen LogP contribution in [0.15, 0.2) is 18.6 Å². The van der Waals surface area contributed by atoms with Gasteiger partial charge in [-0.1, -0.05) is 0 Å². The Balaban J connectivity index is 1.41. The largest absolute Gasteiger partial charge is 0.377 e. The third-order valence-electron chi connectivity index (χ3n) is 4.63. The quantitative estimate of drug-likeness (QED) is 0.793. The van der Waals surface area contributed by atoms with Gasteiger partial charge >= 0.3 is 0 Å². The molecule has 1 aliphatic carbocycles. The van der Waals surface area contributed by atoms with Gasteiger partial charge in [-0.25, -0.2) is 15.0 Å². The number of anilines is 2. The number of methoxy groups -OCH3 is 1. The highest BCUT2D eigenvalue weighted by Gasteiger charge is 2.36. The summed E-state index contributed by atoms with van der Waals surface area (Å²) in [7, 11) is 1.67. The third-order valence-corrected chi connectivity index (χ3v) is 5.45. The molecule has 0 amide bonds. The summed E-state index contributed by atoms with van der Waals surface area (Å²) < 4.78 is 9.46. The molecule has 1 saturated heterocycles. The summed E-state index contributed by atoms with van der Waals surface area (Å²) in [6.45, 7) is 2.51. The lowest BCUT2D eigenvalue weighted by Gasteiger charge is -2.39. The Morgan fingerprint density at radius 3 is 2.71 bits per heavy atom. The van der Waals surface area contributed by atoms with Gasteiger partial charge in [0, 0.05) is 50.0 Å². The minimum atomic E-state index is 0.482. The van der Waals surface area contributed by atoms with Gasteiger partial charge in [-0.15, -0.1) is 0 Å². The fraction of sp³-hybridized carbons (Fsp3) is 0.625. The highest BCUT2D eigenvalue weighted by molar-refractivity contribution is 7.09. The van der Waals surface area contributed by atoms with E-state index in [2.05, 4.69) is 29.1 Å². The van der Waals surface area contributed by atoms with Gasteiger partial charge in [0.2, 0.25) is 5.13 Å². The first-order valence-corrected chi connectivity index (χ1v) is 9.23. The van der Waals surface area contributed by atoms with Gasteiger partial charge in [0.25, 0.3) is 0 Å². The number of aromatic nitrogens is 4. The van der Waals surface area contributed by atoms with E-state index in [4.69, 9.17) is 4.74 Å². The van der Waals surface area contributed by atoms with Crippen molar-refractivity contribution in [2.75, 3.05) is 30.0 Å². The molecule has 0 spiro atoms. The molecule has 3 heterocycles. The lowest BCUT2D eigenvalue weighted by atomic mass is 10.0. The van der Waals surface area contributed by atoms with Crippen LogP contribution in [0.4, 0.5) is 10.9 Å².